The quantitative estimate of drug-likeness (QED) is 0.295. The van der Waals surface area contributed by atoms with Gasteiger partial charge >= 0.3 is 6.09 Å². The standard InChI is InChI=1S/C20H30N2O3/c1-2-3-4-5-10-15-22(16-11-9-14-21-18-23)20(24)25-17-19-12-7-6-8-13-19/h6-8,12-13H,2-5,9-11,14-17H2,1H3. The van der Waals surface area contributed by atoms with E-state index in [1.165, 1.54) is 19.3 Å². The van der Waals surface area contributed by atoms with Gasteiger partial charge in [0.1, 0.15) is 6.61 Å². The van der Waals surface area contributed by atoms with E-state index in [2.05, 4.69) is 11.9 Å². The lowest BCUT2D eigenvalue weighted by Gasteiger charge is -2.22. The molecule has 0 fully saturated rings. The number of nitrogens with zero attached hydrogens (tertiary/aromatic N) is 2. The lowest BCUT2D eigenvalue weighted by Crippen LogP contribution is -2.33. The van der Waals surface area contributed by atoms with Gasteiger partial charge in [-0.15, -0.1) is 0 Å². The highest BCUT2D eigenvalue weighted by atomic mass is 16.6. The third-order valence-electron chi connectivity index (χ3n) is 4.01. The molecule has 1 rings (SSSR count). The van der Waals surface area contributed by atoms with Crippen molar-refractivity contribution in [3.8, 4) is 0 Å². The molecule has 1 amide bonds. The fourth-order valence-electron chi connectivity index (χ4n) is 2.55. The molecule has 0 radical (unpaired) electrons. The fraction of sp³-hybridized carbons (Fsp3) is 0.600. The Kier molecular flexibility index (Phi) is 11.9. The summed E-state index contributed by atoms with van der Waals surface area (Å²) in [6.45, 7) is 4.30. The first-order valence-corrected chi connectivity index (χ1v) is 9.27. The minimum atomic E-state index is -0.266. The van der Waals surface area contributed by atoms with Crippen molar-refractivity contribution in [3.05, 3.63) is 35.9 Å². The predicted molar refractivity (Wildman–Crippen MR) is 99.2 cm³/mol. The number of carbonyl (C=O) groups is 1. The third-order valence-corrected chi connectivity index (χ3v) is 4.01. The molecular weight excluding hydrogens is 316 g/mol. The Bertz CT molecular complexity index is 513. The van der Waals surface area contributed by atoms with Gasteiger partial charge in [0.25, 0.3) is 0 Å². The second-order valence-electron chi connectivity index (χ2n) is 6.12. The Morgan fingerprint density at radius 1 is 1.04 bits per heavy atom. The van der Waals surface area contributed by atoms with Gasteiger partial charge in [-0.05, 0) is 24.8 Å². The number of carbonyl (C=O) groups excluding carboxylic acids is 2. The van der Waals surface area contributed by atoms with Gasteiger partial charge in [-0.3, -0.25) is 0 Å². The van der Waals surface area contributed by atoms with Crippen LogP contribution in [0.2, 0.25) is 0 Å². The summed E-state index contributed by atoms with van der Waals surface area (Å²) in [6.07, 6.45) is 8.63. The highest BCUT2D eigenvalue weighted by Gasteiger charge is 2.14. The molecule has 0 saturated carbocycles. The number of amides is 1. The Balaban J connectivity index is 2.40. The van der Waals surface area contributed by atoms with Crippen LogP contribution in [0.25, 0.3) is 0 Å². The van der Waals surface area contributed by atoms with Gasteiger partial charge in [-0.25, -0.2) is 14.6 Å². The van der Waals surface area contributed by atoms with Crippen molar-refractivity contribution in [1.82, 2.24) is 4.90 Å². The van der Waals surface area contributed by atoms with Gasteiger partial charge in [0, 0.05) is 13.1 Å². The van der Waals surface area contributed by atoms with Crippen LogP contribution in [0.3, 0.4) is 0 Å². The van der Waals surface area contributed by atoms with Gasteiger partial charge in [0.05, 0.1) is 6.54 Å². The van der Waals surface area contributed by atoms with E-state index in [-0.39, 0.29) is 6.09 Å². The Labute approximate surface area is 151 Å². The van der Waals surface area contributed by atoms with Crippen LogP contribution in [0.5, 0.6) is 0 Å². The van der Waals surface area contributed by atoms with Crippen molar-refractivity contribution in [3.63, 3.8) is 0 Å². The first-order valence-electron chi connectivity index (χ1n) is 9.27. The van der Waals surface area contributed by atoms with E-state index in [1.807, 2.05) is 30.3 Å². The molecule has 0 bridgehead atoms. The average Bonchev–Trinajstić information content (AvgIpc) is 2.65. The molecule has 138 valence electrons. The van der Waals surface area contributed by atoms with E-state index in [9.17, 15) is 9.59 Å². The van der Waals surface area contributed by atoms with Crippen molar-refractivity contribution in [2.24, 2.45) is 4.99 Å². The first-order chi connectivity index (χ1) is 12.3. The summed E-state index contributed by atoms with van der Waals surface area (Å²) in [4.78, 5) is 27.8. The first kappa shape index (κ1) is 20.9. The Morgan fingerprint density at radius 3 is 2.40 bits per heavy atom. The van der Waals surface area contributed by atoms with Crippen molar-refractivity contribution in [1.29, 1.82) is 0 Å². The van der Waals surface area contributed by atoms with Crippen LogP contribution in [0.4, 0.5) is 4.79 Å². The molecule has 0 aliphatic heterocycles. The molecule has 25 heavy (non-hydrogen) atoms. The van der Waals surface area contributed by atoms with Crippen LogP contribution in [0.1, 0.15) is 57.4 Å². The topological polar surface area (TPSA) is 59.0 Å². The van der Waals surface area contributed by atoms with Gasteiger partial charge in [-0.2, -0.15) is 0 Å². The van der Waals surface area contributed by atoms with E-state index in [4.69, 9.17) is 4.74 Å². The molecule has 0 spiro atoms. The van der Waals surface area contributed by atoms with Crippen molar-refractivity contribution in [2.75, 3.05) is 19.6 Å². The molecular formula is C20H30N2O3. The summed E-state index contributed by atoms with van der Waals surface area (Å²) >= 11 is 0. The van der Waals surface area contributed by atoms with E-state index in [1.54, 1.807) is 11.0 Å². The third kappa shape index (κ3) is 10.4. The maximum Gasteiger partial charge on any atom is 0.410 e. The van der Waals surface area contributed by atoms with Crippen LogP contribution < -0.4 is 0 Å². The summed E-state index contributed by atoms with van der Waals surface area (Å²) in [5, 5.41) is 0. The van der Waals surface area contributed by atoms with Crippen molar-refractivity contribution >= 4 is 12.2 Å². The molecule has 1 aromatic carbocycles. The minimum Gasteiger partial charge on any atom is -0.445 e. The Morgan fingerprint density at radius 2 is 1.72 bits per heavy atom. The fourth-order valence-corrected chi connectivity index (χ4v) is 2.55. The largest absolute Gasteiger partial charge is 0.445 e. The van der Waals surface area contributed by atoms with Crippen LogP contribution in [-0.2, 0) is 16.1 Å². The highest BCUT2D eigenvalue weighted by molar-refractivity contribution is 5.67. The van der Waals surface area contributed by atoms with E-state index < -0.39 is 0 Å². The molecule has 0 N–H and O–H groups in total. The SMILES string of the molecule is CCCCCCCN(CCCCN=C=O)C(=O)OCc1ccccc1. The lowest BCUT2D eigenvalue weighted by molar-refractivity contribution is 0.0948. The van der Waals surface area contributed by atoms with E-state index >= 15 is 0 Å². The molecule has 1 aromatic rings. The monoisotopic (exact) mass is 346 g/mol. The molecule has 5 nitrogen and oxygen atoms in total. The highest BCUT2D eigenvalue weighted by Crippen LogP contribution is 2.08. The Hall–Kier alpha value is -2.13. The molecule has 0 aromatic heterocycles. The summed E-state index contributed by atoms with van der Waals surface area (Å²) in [5.41, 5.74) is 0.985. The molecule has 0 saturated heterocycles. The number of isocyanates is 1. The lowest BCUT2D eigenvalue weighted by atomic mass is 10.1. The summed E-state index contributed by atoms with van der Waals surface area (Å²) in [5.74, 6) is 0. The average molecular weight is 346 g/mol. The van der Waals surface area contributed by atoms with Crippen LogP contribution >= 0.6 is 0 Å². The van der Waals surface area contributed by atoms with E-state index in [0.29, 0.717) is 26.2 Å². The molecule has 0 unspecified atom stereocenters. The van der Waals surface area contributed by atoms with Crippen LogP contribution in [-0.4, -0.2) is 36.7 Å². The zero-order valence-electron chi connectivity index (χ0n) is 15.3. The summed E-state index contributed by atoms with van der Waals surface area (Å²) < 4.78 is 5.45. The van der Waals surface area contributed by atoms with Gasteiger partial charge < -0.3 is 9.64 Å². The zero-order valence-corrected chi connectivity index (χ0v) is 15.3. The predicted octanol–water partition coefficient (Wildman–Crippen LogP) is 4.71. The smallest absolute Gasteiger partial charge is 0.410 e. The van der Waals surface area contributed by atoms with Crippen LogP contribution in [0, 0.1) is 0 Å². The number of aliphatic imine (C=N–C) groups is 1. The summed E-state index contributed by atoms with van der Waals surface area (Å²) in [7, 11) is 0. The second kappa shape index (κ2) is 14.2. The molecule has 0 heterocycles. The number of benzene rings is 1. The minimum absolute atomic E-state index is 0.266. The van der Waals surface area contributed by atoms with E-state index in [0.717, 1.165) is 31.2 Å². The number of hydrogen-bond donors (Lipinski definition) is 0. The number of rotatable bonds is 13. The van der Waals surface area contributed by atoms with Crippen molar-refractivity contribution < 1.29 is 14.3 Å². The number of ether oxygens (including phenoxy) is 1. The summed E-state index contributed by atoms with van der Waals surface area (Å²) in [6, 6.07) is 9.69. The maximum atomic E-state index is 12.4. The van der Waals surface area contributed by atoms with Gasteiger partial charge in [0.15, 0.2) is 0 Å². The van der Waals surface area contributed by atoms with Gasteiger partial charge in [0.2, 0.25) is 6.08 Å². The second-order valence-corrected chi connectivity index (χ2v) is 6.12. The van der Waals surface area contributed by atoms with Gasteiger partial charge in [-0.1, -0.05) is 62.9 Å². The number of hydrogen-bond acceptors (Lipinski definition) is 4. The normalized spacial score (nSPS) is 10.1. The molecule has 0 aliphatic carbocycles. The zero-order chi connectivity index (χ0) is 18.2. The molecule has 0 aliphatic rings. The molecule has 5 heteroatoms. The van der Waals surface area contributed by atoms with Crippen LogP contribution in [0.15, 0.2) is 35.3 Å². The molecule has 0 atom stereocenters. The maximum absolute atomic E-state index is 12.4. The van der Waals surface area contributed by atoms with Crippen molar-refractivity contribution in [2.45, 2.75) is 58.5 Å². The number of unbranched alkanes of at least 4 members (excludes halogenated alkanes) is 5.